The quantitative estimate of drug-likeness (QED) is 0.868. The van der Waals surface area contributed by atoms with Crippen LogP contribution in [0.25, 0.3) is 10.2 Å². The van der Waals surface area contributed by atoms with Gasteiger partial charge in [-0.3, -0.25) is 4.79 Å². The lowest BCUT2D eigenvalue weighted by molar-refractivity contribution is 0.100. The molecule has 0 radical (unpaired) electrons. The molecule has 0 aliphatic carbocycles. The number of rotatable bonds is 2. The molecule has 0 bridgehead atoms. The first-order valence-corrected chi connectivity index (χ1v) is 7.09. The molecule has 5 nitrogen and oxygen atoms in total. The zero-order valence-electron chi connectivity index (χ0n) is 10.4. The van der Waals surface area contributed by atoms with Gasteiger partial charge in [-0.05, 0) is 25.0 Å². The van der Waals surface area contributed by atoms with E-state index in [1.54, 1.807) is 6.07 Å². The molecular formula is C13H15N3O2S. The highest BCUT2D eigenvalue weighted by Gasteiger charge is 2.21. The van der Waals surface area contributed by atoms with Gasteiger partial charge in [0.2, 0.25) is 0 Å². The van der Waals surface area contributed by atoms with Crippen molar-refractivity contribution in [2.75, 3.05) is 18.0 Å². The molecule has 1 atom stereocenters. The molecule has 1 aliphatic rings. The Morgan fingerprint density at radius 1 is 1.53 bits per heavy atom. The van der Waals surface area contributed by atoms with Crippen molar-refractivity contribution < 1.29 is 9.90 Å². The fraction of sp³-hybridized carbons (Fsp3) is 0.385. The SMILES string of the molecule is NC(=O)c1cccc2sc(N3CCC[C@@H](O)C3)nc12. The van der Waals surface area contributed by atoms with Crippen LogP contribution in [0.1, 0.15) is 23.2 Å². The van der Waals surface area contributed by atoms with Gasteiger partial charge in [0.05, 0.1) is 21.9 Å². The fourth-order valence-corrected chi connectivity index (χ4v) is 3.43. The molecule has 1 amide bonds. The van der Waals surface area contributed by atoms with Crippen LogP contribution in [0.15, 0.2) is 18.2 Å². The Hall–Kier alpha value is -1.66. The molecule has 1 aromatic heterocycles. The molecular weight excluding hydrogens is 262 g/mol. The second-order valence-electron chi connectivity index (χ2n) is 4.76. The van der Waals surface area contributed by atoms with Crippen molar-refractivity contribution in [3.63, 3.8) is 0 Å². The molecule has 3 N–H and O–H groups in total. The number of nitrogens with two attached hydrogens (primary N) is 1. The summed E-state index contributed by atoms with van der Waals surface area (Å²) >= 11 is 1.53. The predicted octanol–water partition coefficient (Wildman–Crippen LogP) is 1.36. The molecule has 1 saturated heterocycles. The largest absolute Gasteiger partial charge is 0.391 e. The molecule has 1 fully saturated rings. The lowest BCUT2D eigenvalue weighted by Crippen LogP contribution is -2.38. The zero-order chi connectivity index (χ0) is 13.4. The van der Waals surface area contributed by atoms with E-state index in [1.807, 2.05) is 12.1 Å². The van der Waals surface area contributed by atoms with Crippen molar-refractivity contribution in [2.24, 2.45) is 5.73 Å². The number of anilines is 1. The van der Waals surface area contributed by atoms with Crippen LogP contribution in [0.4, 0.5) is 5.13 Å². The number of aliphatic hydroxyl groups is 1. The van der Waals surface area contributed by atoms with Gasteiger partial charge < -0.3 is 15.7 Å². The molecule has 0 unspecified atom stereocenters. The summed E-state index contributed by atoms with van der Waals surface area (Å²) in [6, 6.07) is 5.44. The van der Waals surface area contributed by atoms with Gasteiger partial charge in [-0.2, -0.15) is 0 Å². The van der Waals surface area contributed by atoms with Crippen molar-refractivity contribution in [2.45, 2.75) is 18.9 Å². The summed E-state index contributed by atoms with van der Waals surface area (Å²) in [5.41, 5.74) is 6.48. The maximum absolute atomic E-state index is 11.4. The van der Waals surface area contributed by atoms with Gasteiger partial charge in [-0.15, -0.1) is 0 Å². The summed E-state index contributed by atoms with van der Waals surface area (Å²) in [5.74, 6) is -0.457. The minimum atomic E-state index is -0.457. The second-order valence-corrected chi connectivity index (χ2v) is 5.76. The van der Waals surface area contributed by atoms with Crippen LogP contribution in [0.5, 0.6) is 0 Å². The fourth-order valence-electron chi connectivity index (χ4n) is 2.40. The highest BCUT2D eigenvalue weighted by Crippen LogP contribution is 2.32. The lowest BCUT2D eigenvalue weighted by atomic mass is 10.1. The van der Waals surface area contributed by atoms with Crippen LogP contribution in [0.2, 0.25) is 0 Å². The van der Waals surface area contributed by atoms with Crippen LogP contribution in [0, 0.1) is 0 Å². The molecule has 1 aliphatic heterocycles. The maximum atomic E-state index is 11.4. The molecule has 0 saturated carbocycles. The Kier molecular flexibility index (Phi) is 3.12. The lowest BCUT2D eigenvalue weighted by Gasteiger charge is -2.29. The van der Waals surface area contributed by atoms with Crippen LogP contribution in [-0.4, -0.2) is 35.2 Å². The number of fused-ring (bicyclic) bond motifs is 1. The number of β-amino-alcohol motifs (C(OH)–C–C–N with tert-alkyl or cyclic N) is 1. The number of carbonyl (C=O) groups excluding carboxylic acids is 1. The number of carbonyl (C=O) groups is 1. The predicted molar refractivity (Wildman–Crippen MR) is 75.6 cm³/mol. The summed E-state index contributed by atoms with van der Waals surface area (Å²) in [4.78, 5) is 18.0. The molecule has 6 heteroatoms. The minimum Gasteiger partial charge on any atom is -0.391 e. The van der Waals surface area contributed by atoms with Crippen LogP contribution in [0.3, 0.4) is 0 Å². The Bertz CT molecular complexity index is 625. The van der Waals surface area contributed by atoms with E-state index in [1.165, 1.54) is 11.3 Å². The summed E-state index contributed by atoms with van der Waals surface area (Å²) in [6.45, 7) is 1.49. The maximum Gasteiger partial charge on any atom is 0.250 e. The van der Waals surface area contributed by atoms with Crippen LogP contribution >= 0.6 is 11.3 Å². The third-order valence-corrected chi connectivity index (χ3v) is 4.42. The van der Waals surface area contributed by atoms with E-state index in [0.717, 1.165) is 29.2 Å². The van der Waals surface area contributed by atoms with Crippen molar-refractivity contribution >= 4 is 32.6 Å². The third kappa shape index (κ3) is 2.29. The Labute approximate surface area is 114 Å². The van der Waals surface area contributed by atoms with E-state index >= 15 is 0 Å². The van der Waals surface area contributed by atoms with E-state index < -0.39 is 5.91 Å². The number of nitrogens with zero attached hydrogens (tertiary/aromatic N) is 2. The Balaban J connectivity index is 2.01. The van der Waals surface area contributed by atoms with E-state index in [-0.39, 0.29) is 6.10 Å². The number of thiazole rings is 1. The number of para-hydroxylation sites is 1. The number of amides is 1. The van der Waals surface area contributed by atoms with Crippen molar-refractivity contribution in [1.29, 1.82) is 0 Å². The molecule has 1 aromatic carbocycles. The van der Waals surface area contributed by atoms with E-state index in [0.29, 0.717) is 17.6 Å². The monoisotopic (exact) mass is 277 g/mol. The number of aliphatic hydroxyl groups excluding tert-OH is 1. The smallest absolute Gasteiger partial charge is 0.250 e. The van der Waals surface area contributed by atoms with Gasteiger partial charge in [0.1, 0.15) is 0 Å². The van der Waals surface area contributed by atoms with Crippen LogP contribution in [-0.2, 0) is 0 Å². The summed E-state index contributed by atoms with van der Waals surface area (Å²) in [5, 5.41) is 10.6. The minimum absolute atomic E-state index is 0.295. The van der Waals surface area contributed by atoms with Crippen molar-refractivity contribution in [1.82, 2.24) is 4.98 Å². The Morgan fingerprint density at radius 3 is 3.11 bits per heavy atom. The van der Waals surface area contributed by atoms with Gasteiger partial charge in [-0.1, -0.05) is 17.4 Å². The van der Waals surface area contributed by atoms with E-state index in [9.17, 15) is 9.90 Å². The molecule has 19 heavy (non-hydrogen) atoms. The summed E-state index contributed by atoms with van der Waals surface area (Å²) < 4.78 is 0.950. The second kappa shape index (κ2) is 4.79. The highest BCUT2D eigenvalue weighted by molar-refractivity contribution is 7.22. The normalized spacial score (nSPS) is 19.8. The first-order chi connectivity index (χ1) is 9.15. The van der Waals surface area contributed by atoms with Gasteiger partial charge in [0.15, 0.2) is 5.13 Å². The average Bonchev–Trinajstić information content (AvgIpc) is 2.82. The van der Waals surface area contributed by atoms with E-state index in [2.05, 4.69) is 9.88 Å². The molecule has 2 heterocycles. The molecule has 3 rings (SSSR count). The number of benzene rings is 1. The molecule has 2 aromatic rings. The van der Waals surface area contributed by atoms with Crippen LogP contribution < -0.4 is 10.6 Å². The van der Waals surface area contributed by atoms with Gasteiger partial charge >= 0.3 is 0 Å². The number of primary amides is 1. The molecule has 0 spiro atoms. The number of piperidine rings is 1. The Morgan fingerprint density at radius 2 is 2.37 bits per heavy atom. The van der Waals surface area contributed by atoms with Gasteiger partial charge in [0, 0.05) is 13.1 Å². The topological polar surface area (TPSA) is 79.5 Å². The van der Waals surface area contributed by atoms with Gasteiger partial charge in [0.25, 0.3) is 5.91 Å². The highest BCUT2D eigenvalue weighted by atomic mass is 32.1. The first-order valence-electron chi connectivity index (χ1n) is 6.27. The summed E-state index contributed by atoms with van der Waals surface area (Å²) in [7, 11) is 0. The van der Waals surface area contributed by atoms with Crippen molar-refractivity contribution in [3.8, 4) is 0 Å². The average molecular weight is 277 g/mol. The van der Waals surface area contributed by atoms with E-state index in [4.69, 9.17) is 5.73 Å². The zero-order valence-corrected chi connectivity index (χ0v) is 11.2. The number of hydrogen-bond acceptors (Lipinski definition) is 5. The summed E-state index contributed by atoms with van der Waals surface area (Å²) in [6.07, 6.45) is 1.50. The first kappa shape index (κ1) is 12.4. The molecule has 100 valence electrons. The van der Waals surface area contributed by atoms with Crippen molar-refractivity contribution in [3.05, 3.63) is 23.8 Å². The number of hydrogen-bond donors (Lipinski definition) is 2. The third-order valence-electron chi connectivity index (χ3n) is 3.34. The standard InChI is InChI=1S/C13H15N3O2S/c14-12(18)9-4-1-5-10-11(9)15-13(19-10)16-6-2-3-8(17)7-16/h1,4-5,8,17H,2-3,6-7H2,(H2,14,18)/t8-/m1/s1. The number of aromatic nitrogens is 1. The van der Waals surface area contributed by atoms with Gasteiger partial charge in [-0.25, -0.2) is 4.98 Å².